The number of rotatable bonds is 4. The topological polar surface area (TPSA) is 28.2 Å². The van der Waals surface area contributed by atoms with Gasteiger partial charge in [0.15, 0.2) is 5.13 Å². The molecule has 1 saturated heterocycles. The number of benzene rings is 1. The van der Waals surface area contributed by atoms with Crippen LogP contribution in [0.3, 0.4) is 0 Å². The zero-order valence-corrected chi connectivity index (χ0v) is 13.6. The Morgan fingerprint density at radius 2 is 1.90 bits per heavy atom. The Morgan fingerprint density at radius 3 is 2.57 bits per heavy atom. The molecule has 4 heteroatoms. The fourth-order valence-corrected chi connectivity index (χ4v) is 3.57. The van der Waals surface area contributed by atoms with Gasteiger partial charge in [-0.05, 0) is 17.9 Å². The van der Waals surface area contributed by atoms with Crippen LogP contribution in [-0.2, 0) is 6.42 Å². The van der Waals surface area contributed by atoms with Gasteiger partial charge in [-0.2, -0.15) is 0 Å². The third-order valence-electron chi connectivity index (χ3n) is 3.77. The minimum absolute atomic E-state index is 0.703. The molecule has 0 radical (unpaired) electrons. The molecule has 1 aliphatic rings. The first-order valence-corrected chi connectivity index (χ1v) is 8.61. The predicted molar refractivity (Wildman–Crippen MR) is 91.2 cm³/mol. The van der Waals surface area contributed by atoms with Crippen molar-refractivity contribution in [3.05, 3.63) is 35.2 Å². The van der Waals surface area contributed by atoms with E-state index >= 15 is 0 Å². The highest BCUT2D eigenvalue weighted by Gasteiger charge is 2.14. The predicted octanol–water partition coefficient (Wildman–Crippen LogP) is 3.42. The first-order valence-electron chi connectivity index (χ1n) is 7.73. The molecule has 0 aliphatic carbocycles. The van der Waals surface area contributed by atoms with E-state index in [0.29, 0.717) is 5.92 Å². The van der Waals surface area contributed by atoms with Crippen LogP contribution >= 0.6 is 11.3 Å². The van der Waals surface area contributed by atoms with Gasteiger partial charge >= 0.3 is 0 Å². The van der Waals surface area contributed by atoms with Gasteiger partial charge in [0.1, 0.15) is 0 Å². The summed E-state index contributed by atoms with van der Waals surface area (Å²) in [5.74, 6) is 0.703. The molecule has 1 aromatic carbocycles. The van der Waals surface area contributed by atoms with E-state index in [-0.39, 0.29) is 0 Å². The third kappa shape index (κ3) is 3.63. The Balaban J connectivity index is 1.73. The van der Waals surface area contributed by atoms with Crippen LogP contribution in [0.5, 0.6) is 0 Å². The molecule has 0 saturated carbocycles. The van der Waals surface area contributed by atoms with E-state index in [1.807, 2.05) is 0 Å². The molecule has 0 atom stereocenters. The summed E-state index contributed by atoms with van der Waals surface area (Å²) in [6.07, 6.45) is 1.14. The number of nitrogens with zero attached hydrogens (tertiary/aromatic N) is 2. The Bertz CT molecular complexity index is 568. The van der Waals surface area contributed by atoms with Crippen molar-refractivity contribution >= 4 is 16.5 Å². The quantitative estimate of drug-likeness (QED) is 0.938. The lowest BCUT2D eigenvalue weighted by Gasteiger charge is -2.26. The molecule has 0 unspecified atom stereocenters. The van der Waals surface area contributed by atoms with Crippen LogP contribution in [0.2, 0.25) is 0 Å². The van der Waals surface area contributed by atoms with Crippen LogP contribution in [0.25, 0.3) is 11.3 Å². The van der Waals surface area contributed by atoms with E-state index in [2.05, 4.69) is 53.7 Å². The van der Waals surface area contributed by atoms with Crippen molar-refractivity contribution in [1.29, 1.82) is 0 Å². The van der Waals surface area contributed by atoms with Crippen molar-refractivity contribution < 1.29 is 0 Å². The summed E-state index contributed by atoms with van der Waals surface area (Å²) in [4.78, 5) is 7.18. The summed E-state index contributed by atoms with van der Waals surface area (Å²) in [5.41, 5.74) is 3.73. The molecule has 21 heavy (non-hydrogen) atoms. The smallest absolute Gasteiger partial charge is 0.185 e. The first-order chi connectivity index (χ1) is 10.2. The Hall–Kier alpha value is -1.39. The van der Waals surface area contributed by atoms with Gasteiger partial charge in [-0.1, -0.05) is 38.1 Å². The summed E-state index contributed by atoms with van der Waals surface area (Å²) in [7, 11) is 0. The average molecular weight is 301 g/mol. The number of anilines is 1. The molecule has 1 aromatic heterocycles. The summed E-state index contributed by atoms with van der Waals surface area (Å²) in [5, 5.41) is 6.71. The van der Waals surface area contributed by atoms with Crippen LogP contribution in [0.4, 0.5) is 5.13 Å². The largest absolute Gasteiger partial charge is 0.346 e. The average Bonchev–Trinajstić information content (AvgIpc) is 2.98. The lowest BCUT2D eigenvalue weighted by Crippen LogP contribution is -2.43. The van der Waals surface area contributed by atoms with Crippen LogP contribution in [0, 0.1) is 5.92 Å². The maximum absolute atomic E-state index is 4.81. The highest BCUT2D eigenvalue weighted by Crippen LogP contribution is 2.28. The van der Waals surface area contributed by atoms with E-state index < -0.39 is 0 Å². The maximum Gasteiger partial charge on any atom is 0.185 e. The first kappa shape index (κ1) is 14.5. The van der Waals surface area contributed by atoms with Gasteiger partial charge in [0.25, 0.3) is 0 Å². The number of hydrogen-bond acceptors (Lipinski definition) is 4. The summed E-state index contributed by atoms with van der Waals surface area (Å²) in [6.45, 7) is 8.74. The molecule has 2 aromatic rings. The fourth-order valence-electron chi connectivity index (χ4n) is 2.68. The SMILES string of the molecule is CC(C)Cc1ccc(-c2csc(N3CCNCC3)n2)cc1. The van der Waals surface area contributed by atoms with Gasteiger partial charge in [0.2, 0.25) is 0 Å². The summed E-state index contributed by atoms with van der Waals surface area (Å²) >= 11 is 1.75. The molecule has 0 amide bonds. The summed E-state index contributed by atoms with van der Waals surface area (Å²) < 4.78 is 0. The van der Waals surface area contributed by atoms with Crippen LogP contribution < -0.4 is 10.2 Å². The minimum atomic E-state index is 0.703. The normalized spacial score (nSPS) is 15.7. The van der Waals surface area contributed by atoms with Gasteiger partial charge in [0.05, 0.1) is 5.69 Å². The van der Waals surface area contributed by atoms with Gasteiger partial charge in [-0.25, -0.2) is 4.98 Å². The lowest BCUT2D eigenvalue weighted by atomic mass is 10.0. The Kier molecular flexibility index (Phi) is 4.56. The fraction of sp³-hybridized carbons (Fsp3) is 0.471. The number of hydrogen-bond donors (Lipinski definition) is 1. The monoisotopic (exact) mass is 301 g/mol. The molecule has 3 nitrogen and oxygen atoms in total. The standard InChI is InChI=1S/C17H23N3S/c1-13(2)11-14-3-5-15(6-4-14)16-12-21-17(19-16)20-9-7-18-8-10-20/h3-6,12-13,18H,7-11H2,1-2H3. The van der Waals surface area contributed by atoms with Gasteiger partial charge < -0.3 is 10.2 Å². The molecule has 0 bridgehead atoms. The van der Waals surface area contributed by atoms with E-state index in [1.165, 1.54) is 11.1 Å². The molecule has 3 rings (SSSR count). The highest BCUT2D eigenvalue weighted by molar-refractivity contribution is 7.14. The molecular formula is C17H23N3S. The molecule has 0 spiro atoms. The van der Waals surface area contributed by atoms with Crippen LogP contribution in [-0.4, -0.2) is 31.2 Å². The molecule has 1 fully saturated rings. The second-order valence-electron chi connectivity index (χ2n) is 6.05. The van der Waals surface area contributed by atoms with E-state index in [0.717, 1.165) is 43.4 Å². The van der Waals surface area contributed by atoms with Crippen molar-refractivity contribution in [1.82, 2.24) is 10.3 Å². The molecule has 1 N–H and O–H groups in total. The molecule has 1 aliphatic heterocycles. The second kappa shape index (κ2) is 6.58. The minimum Gasteiger partial charge on any atom is -0.346 e. The molecule has 112 valence electrons. The van der Waals surface area contributed by atoms with E-state index in [9.17, 15) is 0 Å². The second-order valence-corrected chi connectivity index (χ2v) is 6.88. The van der Waals surface area contributed by atoms with Gasteiger partial charge in [-0.15, -0.1) is 11.3 Å². The van der Waals surface area contributed by atoms with Crippen LogP contribution in [0.1, 0.15) is 19.4 Å². The van der Waals surface area contributed by atoms with Crippen molar-refractivity contribution in [3.63, 3.8) is 0 Å². The summed E-state index contributed by atoms with van der Waals surface area (Å²) in [6, 6.07) is 8.88. The van der Waals surface area contributed by atoms with Crippen molar-refractivity contribution in [2.75, 3.05) is 31.1 Å². The van der Waals surface area contributed by atoms with Gasteiger partial charge in [0, 0.05) is 37.1 Å². The zero-order chi connectivity index (χ0) is 14.7. The van der Waals surface area contributed by atoms with Crippen molar-refractivity contribution in [2.24, 2.45) is 5.92 Å². The zero-order valence-electron chi connectivity index (χ0n) is 12.8. The van der Waals surface area contributed by atoms with Crippen molar-refractivity contribution in [3.8, 4) is 11.3 Å². The Labute approximate surface area is 131 Å². The molecule has 2 heterocycles. The Morgan fingerprint density at radius 1 is 1.19 bits per heavy atom. The number of nitrogens with one attached hydrogen (secondary N) is 1. The van der Waals surface area contributed by atoms with Gasteiger partial charge in [-0.3, -0.25) is 0 Å². The number of aromatic nitrogens is 1. The lowest BCUT2D eigenvalue weighted by molar-refractivity contribution is 0.588. The van der Waals surface area contributed by atoms with E-state index in [4.69, 9.17) is 4.98 Å². The molecular weight excluding hydrogens is 278 g/mol. The number of piperazine rings is 1. The van der Waals surface area contributed by atoms with Crippen molar-refractivity contribution in [2.45, 2.75) is 20.3 Å². The van der Waals surface area contributed by atoms with E-state index in [1.54, 1.807) is 11.3 Å². The number of thiazole rings is 1. The maximum atomic E-state index is 4.81. The highest BCUT2D eigenvalue weighted by atomic mass is 32.1. The third-order valence-corrected chi connectivity index (χ3v) is 4.67. The van der Waals surface area contributed by atoms with Crippen LogP contribution in [0.15, 0.2) is 29.6 Å².